The Morgan fingerprint density at radius 1 is 1.18 bits per heavy atom. The molecule has 9 heteroatoms. The SMILES string of the molecule is CNC(=O)Nc1ccc2c(c1)CC[C@@]21OC(=O)N(CC(=O)CC2C(C)(C)C(O)C2(C)C)C1=O. The van der Waals surface area contributed by atoms with Gasteiger partial charge >= 0.3 is 12.1 Å². The average Bonchev–Trinajstić information content (AvgIpc) is 3.23. The summed E-state index contributed by atoms with van der Waals surface area (Å²) in [4.78, 5) is 51.3. The van der Waals surface area contributed by atoms with Crippen LogP contribution in [0.1, 0.15) is 51.7 Å². The average molecular weight is 458 g/mol. The van der Waals surface area contributed by atoms with Gasteiger partial charge in [-0.1, -0.05) is 33.8 Å². The summed E-state index contributed by atoms with van der Waals surface area (Å²) in [6.07, 6.45) is -0.382. The monoisotopic (exact) mass is 457 g/mol. The van der Waals surface area contributed by atoms with Crippen molar-refractivity contribution in [1.82, 2.24) is 10.2 Å². The summed E-state index contributed by atoms with van der Waals surface area (Å²) in [5.41, 5.74) is -0.292. The number of imide groups is 1. The Balaban J connectivity index is 1.49. The quantitative estimate of drug-likeness (QED) is 0.624. The number of fused-ring (bicyclic) bond motifs is 2. The van der Waals surface area contributed by atoms with Crippen LogP contribution in [0.15, 0.2) is 18.2 Å². The smallest absolute Gasteiger partial charge is 0.418 e. The summed E-state index contributed by atoms with van der Waals surface area (Å²) in [6.45, 7) is 7.35. The Bertz CT molecular complexity index is 1030. The van der Waals surface area contributed by atoms with Crippen LogP contribution in [-0.2, 0) is 26.3 Å². The molecule has 1 spiro atoms. The molecule has 1 aromatic carbocycles. The number of hydrogen-bond donors (Lipinski definition) is 3. The molecule has 3 N–H and O–H groups in total. The second-order valence-electron chi connectivity index (χ2n) is 10.5. The normalized spacial score (nSPS) is 28.8. The van der Waals surface area contributed by atoms with E-state index in [1.165, 1.54) is 7.05 Å². The van der Waals surface area contributed by atoms with E-state index in [0.717, 1.165) is 10.5 Å². The van der Waals surface area contributed by atoms with Crippen LogP contribution >= 0.6 is 0 Å². The lowest BCUT2D eigenvalue weighted by Crippen LogP contribution is -2.64. The molecule has 1 aromatic rings. The second-order valence-corrected chi connectivity index (χ2v) is 10.5. The molecule has 1 saturated heterocycles. The molecule has 4 rings (SSSR count). The lowest BCUT2D eigenvalue weighted by molar-refractivity contribution is -0.213. The van der Waals surface area contributed by atoms with Crippen molar-refractivity contribution in [3.05, 3.63) is 29.3 Å². The fraction of sp³-hybridized carbons (Fsp3) is 0.583. The molecule has 0 unspecified atom stereocenters. The molecule has 0 radical (unpaired) electrons. The Labute approximate surface area is 192 Å². The number of amides is 4. The van der Waals surface area contributed by atoms with Gasteiger partial charge in [0.1, 0.15) is 0 Å². The number of nitrogens with zero attached hydrogens (tertiary/aromatic N) is 1. The van der Waals surface area contributed by atoms with Gasteiger partial charge in [0, 0.05) is 31.1 Å². The number of carbonyl (C=O) groups excluding carboxylic acids is 4. The number of carbonyl (C=O) groups is 4. The van der Waals surface area contributed by atoms with Gasteiger partial charge in [0.15, 0.2) is 5.78 Å². The highest BCUT2D eigenvalue weighted by atomic mass is 16.6. The number of benzene rings is 1. The fourth-order valence-corrected chi connectivity index (χ4v) is 6.12. The van der Waals surface area contributed by atoms with Crippen LogP contribution in [0.2, 0.25) is 0 Å². The molecule has 1 aliphatic heterocycles. The van der Waals surface area contributed by atoms with E-state index in [1.54, 1.807) is 18.2 Å². The van der Waals surface area contributed by atoms with Crippen LogP contribution in [0.25, 0.3) is 0 Å². The molecule has 178 valence electrons. The molecule has 0 bridgehead atoms. The molecular weight excluding hydrogens is 426 g/mol. The maximum atomic E-state index is 13.3. The van der Waals surface area contributed by atoms with Gasteiger partial charge in [-0.3, -0.25) is 9.59 Å². The number of urea groups is 1. The van der Waals surface area contributed by atoms with Crippen LogP contribution in [0.3, 0.4) is 0 Å². The van der Waals surface area contributed by atoms with E-state index in [0.29, 0.717) is 17.7 Å². The number of aryl methyl sites for hydroxylation is 1. The number of aliphatic hydroxyl groups is 1. The Kier molecular flexibility index (Phi) is 5.31. The molecule has 1 saturated carbocycles. The fourth-order valence-electron chi connectivity index (χ4n) is 6.12. The summed E-state index contributed by atoms with van der Waals surface area (Å²) in [5.74, 6) is -0.828. The van der Waals surface area contributed by atoms with Gasteiger partial charge in [-0.05, 0) is 40.9 Å². The largest absolute Gasteiger partial charge is 0.427 e. The van der Waals surface area contributed by atoms with Crippen LogP contribution in [0, 0.1) is 16.7 Å². The predicted molar refractivity (Wildman–Crippen MR) is 119 cm³/mol. The topological polar surface area (TPSA) is 125 Å². The number of ether oxygens (including phenoxy) is 1. The van der Waals surface area contributed by atoms with Gasteiger partial charge in [0.2, 0.25) is 5.60 Å². The Morgan fingerprint density at radius 2 is 1.85 bits per heavy atom. The first-order chi connectivity index (χ1) is 15.3. The lowest BCUT2D eigenvalue weighted by atomic mass is 9.45. The third kappa shape index (κ3) is 3.40. The van der Waals surface area contributed by atoms with E-state index < -0.39 is 34.5 Å². The van der Waals surface area contributed by atoms with Gasteiger partial charge in [0.05, 0.1) is 12.6 Å². The van der Waals surface area contributed by atoms with Crippen molar-refractivity contribution in [2.24, 2.45) is 16.7 Å². The number of hydrogen-bond acceptors (Lipinski definition) is 6. The first-order valence-corrected chi connectivity index (χ1v) is 11.2. The van der Waals surface area contributed by atoms with Crippen molar-refractivity contribution in [1.29, 1.82) is 0 Å². The van der Waals surface area contributed by atoms with Crippen molar-refractivity contribution in [2.45, 2.75) is 58.7 Å². The Hall–Kier alpha value is -2.94. The molecule has 33 heavy (non-hydrogen) atoms. The molecule has 1 atom stereocenters. The van der Waals surface area contributed by atoms with Crippen LogP contribution in [0.4, 0.5) is 15.3 Å². The summed E-state index contributed by atoms with van der Waals surface area (Å²) < 4.78 is 5.59. The van der Waals surface area contributed by atoms with E-state index in [9.17, 15) is 24.3 Å². The van der Waals surface area contributed by atoms with Crippen molar-refractivity contribution in [3.8, 4) is 0 Å². The van der Waals surface area contributed by atoms with Crippen molar-refractivity contribution in [2.75, 3.05) is 18.9 Å². The zero-order valence-electron chi connectivity index (χ0n) is 19.7. The van der Waals surface area contributed by atoms with E-state index >= 15 is 0 Å². The van der Waals surface area contributed by atoms with Crippen LogP contribution < -0.4 is 10.6 Å². The third-order valence-corrected chi connectivity index (χ3v) is 7.82. The standard InChI is InChI=1S/C24H31N3O6/c1-22(2)17(23(3,4)18(22)29)11-15(28)12-27-19(30)24(33-21(27)32)9-8-13-10-14(6-7-16(13)24)26-20(31)25-5/h6-7,10,17-18,29H,8-9,11-12H2,1-5H3,(H2,25,26,31)/t17?,18?,24-/m1/s1. The number of Topliss-reactive ketones (excluding diaryl/α,β-unsaturated/α-hetero) is 1. The minimum absolute atomic E-state index is 0.0614. The summed E-state index contributed by atoms with van der Waals surface area (Å²) in [6, 6.07) is 4.74. The number of nitrogens with one attached hydrogen (secondary N) is 2. The number of anilines is 1. The first kappa shape index (κ1) is 23.2. The molecule has 9 nitrogen and oxygen atoms in total. The summed E-state index contributed by atoms with van der Waals surface area (Å²) in [7, 11) is 1.51. The van der Waals surface area contributed by atoms with Gasteiger partial charge in [-0.25, -0.2) is 14.5 Å². The van der Waals surface area contributed by atoms with Gasteiger partial charge < -0.3 is 20.5 Å². The molecule has 1 heterocycles. The molecule has 0 aromatic heterocycles. The second kappa shape index (κ2) is 7.55. The van der Waals surface area contributed by atoms with E-state index in [-0.39, 0.29) is 37.1 Å². The van der Waals surface area contributed by atoms with Gasteiger partial charge in [-0.15, -0.1) is 0 Å². The molecule has 2 fully saturated rings. The third-order valence-electron chi connectivity index (χ3n) is 7.82. The van der Waals surface area contributed by atoms with Crippen molar-refractivity contribution >= 4 is 29.5 Å². The van der Waals surface area contributed by atoms with E-state index in [2.05, 4.69) is 10.6 Å². The van der Waals surface area contributed by atoms with E-state index in [4.69, 9.17) is 4.74 Å². The van der Waals surface area contributed by atoms with Crippen LogP contribution in [-0.4, -0.2) is 53.5 Å². The van der Waals surface area contributed by atoms with Crippen molar-refractivity contribution < 1.29 is 29.0 Å². The zero-order chi connectivity index (χ0) is 24.3. The first-order valence-electron chi connectivity index (χ1n) is 11.2. The molecule has 2 aliphatic carbocycles. The molecule has 3 aliphatic rings. The number of rotatable bonds is 5. The number of aliphatic hydroxyl groups excluding tert-OH is 1. The summed E-state index contributed by atoms with van der Waals surface area (Å²) >= 11 is 0. The summed E-state index contributed by atoms with van der Waals surface area (Å²) in [5, 5.41) is 15.6. The predicted octanol–water partition coefficient (Wildman–Crippen LogP) is 2.56. The minimum atomic E-state index is -1.43. The lowest BCUT2D eigenvalue weighted by Gasteiger charge is -2.62. The van der Waals surface area contributed by atoms with E-state index in [1.807, 2.05) is 27.7 Å². The Morgan fingerprint density at radius 3 is 2.48 bits per heavy atom. The maximum absolute atomic E-state index is 13.3. The van der Waals surface area contributed by atoms with Gasteiger partial charge in [0.25, 0.3) is 5.91 Å². The highest BCUT2D eigenvalue weighted by Crippen LogP contribution is 2.60. The highest BCUT2D eigenvalue weighted by molar-refractivity contribution is 6.06. The molecule has 4 amide bonds. The van der Waals surface area contributed by atoms with Crippen molar-refractivity contribution in [3.63, 3.8) is 0 Å². The maximum Gasteiger partial charge on any atom is 0.418 e. The molecular formula is C24H31N3O6. The van der Waals surface area contributed by atoms with Gasteiger partial charge in [-0.2, -0.15) is 0 Å². The van der Waals surface area contributed by atoms with Crippen LogP contribution in [0.5, 0.6) is 0 Å². The minimum Gasteiger partial charge on any atom is -0.427 e. The number of ketones is 1. The highest BCUT2D eigenvalue weighted by Gasteiger charge is 2.62. The zero-order valence-corrected chi connectivity index (χ0v) is 19.7.